The van der Waals surface area contributed by atoms with Crippen molar-refractivity contribution < 1.29 is 10.2 Å². The van der Waals surface area contributed by atoms with E-state index >= 15 is 0 Å². The van der Waals surface area contributed by atoms with E-state index in [0.29, 0.717) is 6.42 Å². The molecule has 1 unspecified atom stereocenters. The first-order valence-corrected chi connectivity index (χ1v) is 18.9. The molecule has 0 aliphatic rings. The fourth-order valence-corrected chi connectivity index (χ4v) is 5.97. The molecule has 3 atom stereocenters. The van der Waals surface area contributed by atoms with Crippen molar-refractivity contribution in [2.45, 2.75) is 231 Å². The van der Waals surface area contributed by atoms with Crippen LogP contribution < -0.4 is 5.73 Å². The van der Waals surface area contributed by atoms with E-state index in [9.17, 15) is 10.2 Å². The zero-order valence-electron chi connectivity index (χ0n) is 28.3. The Balaban J connectivity index is 3.45. The highest BCUT2D eigenvalue weighted by Gasteiger charge is 2.20. The van der Waals surface area contributed by atoms with E-state index in [1.165, 1.54) is 173 Å². The van der Waals surface area contributed by atoms with Crippen molar-refractivity contribution in [1.29, 1.82) is 0 Å². The van der Waals surface area contributed by atoms with E-state index < -0.39 is 18.2 Å². The summed E-state index contributed by atoms with van der Waals surface area (Å²) in [5.41, 5.74) is 6.13. The maximum absolute atomic E-state index is 10.4. The van der Waals surface area contributed by atoms with E-state index in [-0.39, 0.29) is 0 Å². The third kappa shape index (κ3) is 30.9. The Morgan fingerprint density at radius 2 is 0.732 bits per heavy atom. The number of nitrogens with two attached hydrogens (primary N) is 1. The van der Waals surface area contributed by atoms with E-state index in [1.54, 1.807) is 6.08 Å². The Labute approximate surface area is 258 Å². The predicted molar refractivity (Wildman–Crippen MR) is 184 cm³/mol. The van der Waals surface area contributed by atoms with Crippen molar-refractivity contribution in [3.8, 4) is 0 Å². The van der Waals surface area contributed by atoms with Crippen molar-refractivity contribution in [2.24, 2.45) is 5.73 Å². The Kier molecular flexibility index (Phi) is 33.8. The summed E-state index contributed by atoms with van der Waals surface area (Å²) in [4.78, 5) is 0. The number of aliphatic hydroxyl groups excluding tert-OH is 2. The van der Waals surface area contributed by atoms with Gasteiger partial charge in [-0.3, -0.25) is 0 Å². The summed E-state index contributed by atoms with van der Waals surface area (Å²) in [6.45, 7) is 4.56. The molecule has 0 amide bonds. The van der Waals surface area contributed by atoms with Gasteiger partial charge in [0.2, 0.25) is 0 Å². The molecule has 0 saturated carbocycles. The molecule has 0 heterocycles. The molecular weight excluding hydrogens is 502 g/mol. The molecule has 0 saturated heterocycles. The average molecular weight is 580 g/mol. The molecule has 0 aliphatic carbocycles. The summed E-state index contributed by atoms with van der Waals surface area (Å²) < 4.78 is 0. The molecule has 0 fully saturated rings. The van der Waals surface area contributed by atoms with Gasteiger partial charge in [-0.1, -0.05) is 206 Å². The largest absolute Gasteiger partial charge is 0.391 e. The van der Waals surface area contributed by atoms with Gasteiger partial charge in [0.1, 0.15) is 0 Å². The Morgan fingerprint density at radius 1 is 0.439 bits per heavy atom. The van der Waals surface area contributed by atoms with Crippen LogP contribution in [-0.4, -0.2) is 28.5 Å². The lowest BCUT2D eigenvalue weighted by atomic mass is 9.98. The van der Waals surface area contributed by atoms with Gasteiger partial charge in [0, 0.05) is 0 Å². The maximum atomic E-state index is 10.4. The minimum atomic E-state index is -0.742. The van der Waals surface area contributed by atoms with Crippen molar-refractivity contribution in [1.82, 2.24) is 0 Å². The number of unbranched alkanes of at least 4 members (excludes halogenated alkanes) is 28. The first kappa shape index (κ1) is 40.6. The van der Waals surface area contributed by atoms with E-state index in [2.05, 4.69) is 19.9 Å². The van der Waals surface area contributed by atoms with Crippen LogP contribution in [0.15, 0.2) is 12.2 Å². The van der Waals surface area contributed by atoms with Gasteiger partial charge >= 0.3 is 0 Å². The molecule has 0 aromatic rings. The van der Waals surface area contributed by atoms with E-state index in [4.69, 9.17) is 5.73 Å². The average Bonchev–Trinajstić information content (AvgIpc) is 2.98. The predicted octanol–water partition coefficient (Wildman–Crippen LogP) is 11.7. The van der Waals surface area contributed by atoms with Gasteiger partial charge in [-0.05, 0) is 19.3 Å². The quantitative estimate of drug-likeness (QED) is 0.0524. The number of rotatable bonds is 34. The van der Waals surface area contributed by atoms with Gasteiger partial charge < -0.3 is 15.9 Å². The summed E-state index contributed by atoms with van der Waals surface area (Å²) in [6.07, 6.45) is 43.6. The van der Waals surface area contributed by atoms with Crippen molar-refractivity contribution in [2.75, 3.05) is 0 Å². The summed E-state index contributed by atoms with van der Waals surface area (Å²) in [6, 6.07) is -0.575. The molecule has 3 nitrogen and oxygen atoms in total. The number of hydrogen-bond donors (Lipinski definition) is 3. The van der Waals surface area contributed by atoms with Gasteiger partial charge in [-0.15, -0.1) is 0 Å². The third-order valence-electron chi connectivity index (χ3n) is 9.00. The molecular formula is C38H77NO2. The highest BCUT2D eigenvalue weighted by atomic mass is 16.3. The monoisotopic (exact) mass is 580 g/mol. The molecule has 0 aromatic carbocycles. The molecule has 41 heavy (non-hydrogen) atoms. The summed E-state index contributed by atoms with van der Waals surface area (Å²) in [5, 5.41) is 20.8. The smallest absolute Gasteiger partial charge is 0.0897 e. The first-order valence-electron chi connectivity index (χ1n) is 18.9. The van der Waals surface area contributed by atoms with Gasteiger partial charge in [0.15, 0.2) is 0 Å². The van der Waals surface area contributed by atoms with Crippen molar-refractivity contribution >= 4 is 0 Å². The summed E-state index contributed by atoms with van der Waals surface area (Å²) >= 11 is 0. The van der Waals surface area contributed by atoms with Crippen LogP contribution in [0.4, 0.5) is 0 Å². The SMILES string of the molecule is CCCCCCCCCCCCC/C=C/[C@@H](O)[C@@H](N)C(O)CCCCCCCCCCCCCCCCCCCC. The zero-order chi connectivity index (χ0) is 30.1. The van der Waals surface area contributed by atoms with Crippen LogP contribution in [0.2, 0.25) is 0 Å². The van der Waals surface area contributed by atoms with Crippen LogP contribution in [0.1, 0.15) is 213 Å². The molecule has 0 spiro atoms. The first-order chi connectivity index (χ1) is 20.1. The highest BCUT2D eigenvalue weighted by molar-refractivity contribution is 4.96. The normalized spacial score (nSPS) is 14.2. The Hall–Kier alpha value is -0.380. The second-order valence-corrected chi connectivity index (χ2v) is 13.2. The molecule has 246 valence electrons. The minimum Gasteiger partial charge on any atom is -0.391 e. The molecule has 0 rings (SSSR count). The maximum Gasteiger partial charge on any atom is 0.0897 e. The lowest BCUT2D eigenvalue weighted by molar-refractivity contribution is 0.0710. The number of hydrogen-bond acceptors (Lipinski definition) is 3. The Morgan fingerprint density at radius 3 is 1.07 bits per heavy atom. The number of aliphatic hydroxyl groups is 2. The molecule has 0 bridgehead atoms. The lowest BCUT2D eigenvalue weighted by Crippen LogP contribution is -2.43. The zero-order valence-corrected chi connectivity index (χ0v) is 28.3. The second kappa shape index (κ2) is 34.1. The molecule has 0 aliphatic heterocycles. The van der Waals surface area contributed by atoms with Crippen LogP contribution >= 0.6 is 0 Å². The summed E-state index contributed by atoms with van der Waals surface area (Å²) in [5.74, 6) is 0. The Bertz CT molecular complexity index is 509. The van der Waals surface area contributed by atoms with Gasteiger partial charge in [0.25, 0.3) is 0 Å². The number of allylic oxidation sites excluding steroid dienone is 1. The van der Waals surface area contributed by atoms with E-state index in [1.807, 2.05) is 0 Å². The molecule has 4 N–H and O–H groups in total. The molecule has 0 radical (unpaired) electrons. The second-order valence-electron chi connectivity index (χ2n) is 13.2. The molecule has 0 aromatic heterocycles. The standard InChI is InChI=1S/C38H77NO2/c1-3-5-7-9-11-13-15-17-18-19-20-21-23-25-27-29-31-33-35-37(41)38(39)36(40)34-32-30-28-26-24-22-16-14-12-10-8-6-4-2/h32,34,36-38,40-41H,3-31,33,35,39H2,1-2H3/b34-32+/t36-,37?,38-/m1/s1. The van der Waals surface area contributed by atoms with Crippen molar-refractivity contribution in [3.63, 3.8) is 0 Å². The fourth-order valence-electron chi connectivity index (χ4n) is 5.97. The van der Waals surface area contributed by atoms with Gasteiger partial charge in [0.05, 0.1) is 18.2 Å². The highest BCUT2D eigenvalue weighted by Crippen LogP contribution is 2.16. The van der Waals surface area contributed by atoms with Gasteiger partial charge in [-0.2, -0.15) is 0 Å². The lowest BCUT2D eigenvalue weighted by Gasteiger charge is -2.22. The topological polar surface area (TPSA) is 66.5 Å². The van der Waals surface area contributed by atoms with Crippen LogP contribution in [0.3, 0.4) is 0 Å². The van der Waals surface area contributed by atoms with Crippen LogP contribution in [0.5, 0.6) is 0 Å². The van der Waals surface area contributed by atoms with Crippen LogP contribution in [-0.2, 0) is 0 Å². The van der Waals surface area contributed by atoms with Crippen molar-refractivity contribution in [3.05, 3.63) is 12.2 Å². The van der Waals surface area contributed by atoms with Crippen LogP contribution in [0, 0.1) is 0 Å². The third-order valence-corrected chi connectivity index (χ3v) is 9.00. The van der Waals surface area contributed by atoms with Crippen LogP contribution in [0.25, 0.3) is 0 Å². The minimum absolute atomic E-state index is 0.575. The fraction of sp³-hybridized carbons (Fsp3) is 0.947. The van der Waals surface area contributed by atoms with Gasteiger partial charge in [-0.25, -0.2) is 0 Å². The molecule has 3 heteroatoms. The van der Waals surface area contributed by atoms with E-state index in [0.717, 1.165) is 19.3 Å². The summed E-state index contributed by atoms with van der Waals surface area (Å²) in [7, 11) is 0.